The fourth-order valence-electron chi connectivity index (χ4n) is 2.04. The molecule has 1 N–H and O–H groups in total. The minimum atomic E-state index is -1.05. The summed E-state index contributed by atoms with van der Waals surface area (Å²) in [6.07, 6.45) is 3.19. The van der Waals surface area contributed by atoms with E-state index in [1.807, 2.05) is 13.8 Å². The summed E-state index contributed by atoms with van der Waals surface area (Å²) < 4.78 is 1.68. The second kappa shape index (κ2) is 5.86. The minimum absolute atomic E-state index is 0.146. The molecule has 0 aliphatic heterocycles. The van der Waals surface area contributed by atoms with Crippen molar-refractivity contribution in [2.24, 2.45) is 0 Å². The number of carbonyl (C=O) groups is 2. The average Bonchev–Trinajstić information content (AvgIpc) is 2.72. The van der Waals surface area contributed by atoms with Gasteiger partial charge >= 0.3 is 5.97 Å². The average molecular weight is 267 g/mol. The van der Waals surface area contributed by atoms with Crippen LogP contribution < -0.4 is 0 Å². The lowest BCUT2D eigenvalue weighted by Gasteiger charge is -2.30. The summed E-state index contributed by atoms with van der Waals surface area (Å²) in [5, 5.41) is 13.5. The smallest absolute Gasteiger partial charge is 0.331 e. The molecule has 1 rings (SSSR count). The van der Waals surface area contributed by atoms with Crippen molar-refractivity contribution >= 4 is 11.9 Å². The quantitative estimate of drug-likeness (QED) is 0.883. The standard InChI is InChI=1S/C13H21N3O3/c1-8(2)15-7-11(6-14-15)12(13(18)19)16(9(3)4)10(5)17/h6-9,12H,1-5H3,(H,18,19). The molecule has 0 aliphatic rings. The number of nitrogens with zero attached hydrogens (tertiary/aromatic N) is 3. The molecule has 1 aromatic heterocycles. The van der Waals surface area contributed by atoms with Crippen LogP contribution >= 0.6 is 0 Å². The van der Waals surface area contributed by atoms with Crippen molar-refractivity contribution in [1.82, 2.24) is 14.7 Å². The first-order valence-electron chi connectivity index (χ1n) is 6.31. The lowest BCUT2D eigenvalue weighted by atomic mass is 10.1. The molecule has 0 spiro atoms. The molecule has 106 valence electrons. The van der Waals surface area contributed by atoms with Crippen molar-refractivity contribution < 1.29 is 14.7 Å². The van der Waals surface area contributed by atoms with Crippen LogP contribution in [0.15, 0.2) is 12.4 Å². The Bertz CT molecular complexity index is 465. The van der Waals surface area contributed by atoms with E-state index in [0.29, 0.717) is 5.56 Å². The molecule has 19 heavy (non-hydrogen) atoms. The lowest BCUT2D eigenvalue weighted by Crippen LogP contribution is -2.42. The third kappa shape index (κ3) is 3.33. The summed E-state index contributed by atoms with van der Waals surface area (Å²) in [5.74, 6) is -1.31. The predicted octanol–water partition coefficient (Wildman–Crippen LogP) is 1.85. The van der Waals surface area contributed by atoms with Crippen LogP contribution in [-0.2, 0) is 9.59 Å². The topological polar surface area (TPSA) is 75.4 Å². The van der Waals surface area contributed by atoms with Crippen molar-refractivity contribution in [3.8, 4) is 0 Å². The Labute approximate surface area is 113 Å². The minimum Gasteiger partial charge on any atom is -0.479 e. The van der Waals surface area contributed by atoms with Gasteiger partial charge in [-0.1, -0.05) is 0 Å². The van der Waals surface area contributed by atoms with Crippen LogP contribution in [0, 0.1) is 0 Å². The van der Waals surface area contributed by atoms with Crippen LogP contribution in [-0.4, -0.2) is 37.7 Å². The van der Waals surface area contributed by atoms with Crippen LogP contribution in [0.5, 0.6) is 0 Å². The van der Waals surface area contributed by atoms with Gasteiger partial charge in [-0.3, -0.25) is 9.48 Å². The number of hydrogen-bond donors (Lipinski definition) is 1. The van der Waals surface area contributed by atoms with E-state index >= 15 is 0 Å². The maximum absolute atomic E-state index is 11.7. The van der Waals surface area contributed by atoms with Gasteiger partial charge in [-0.15, -0.1) is 0 Å². The van der Waals surface area contributed by atoms with Gasteiger partial charge < -0.3 is 10.0 Å². The maximum atomic E-state index is 11.7. The van der Waals surface area contributed by atoms with Crippen molar-refractivity contribution in [1.29, 1.82) is 0 Å². The van der Waals surface area contributed by atoms with E-state index < -0.39 is 12.0 Å². The molecule has 0 aromatic carbocycles. The summed E-state index contributed by atoms with van der Waals surface area (Å²) in [5.41, 5.74) is 0.519. The van der Waals surface area contributed by atoms with Crippen LogP contribution in [0.3, 0.4) is 0 Å². The number of aliphatic carboxylic acids is 1. The van der Waals surface area contributed by atoms with E-state index in [9.17, 15) is 14.7 Å². The van der Waals surface area contributed by atoms with E-state index in [1.165, 1.54) is 18.0 Å². The monoisotopic (exact) mass is 267 g/mol. The highest BCUT2D eigenvalue weighted by Crippen LogP contribution is 2.24. The third-order valence-corrected chi connectivity index (χ3v) is 2.90. The lowest BCUT2D eigenvalue weighted by molar-refractivity contribution is -0.151. The van der Waals surface area contributed by atoms with E-state index in [1.54, 1.807) is 24.7 Å². The summed E-state index contributed by atoms with van der Waals surface area (Å²) in [6.45, 7) is 8.88. The van der Waals surface area contributed by atoms with Crippen LogP contribution in [0.1, 0.15) is 52.3 Å². The van der Waals surface area contributed by atoms with E-state index in [4.69, 9.17) is 0 Å². The molecule has 1 unspecified atom stereocenters. The number of amides is 1. The fourth-order valence-corrected chi connectivity index (χ4v) is 2.04. The number of carboxylic acids is 1. The molecule has 1 atom stereocenters. The van der Waals surface area contributed by atoms with Gasteiger partial charge in [-0.2, -0.15) is 5.10 Å². The Morgan fingerprint density at radius 2 is 1.89 bits per heavy atom. The molecule has 6 heteroatoms. The van der Waals surface area contributed by atoms with Crippen molar-refractivity contribution in [2.75, 3.05) is 0 Å². The summed E-state index contributed by atoms with van der Waals surface area (Å²) >= 11 is 0. The van der Waals surface area contributed by atoms with E-state index in [2.05, 4.69) is 5.10 Å². The number of carboxylic acid groups (broad SMARTS) is 1. The van der Waals surface area contributed by atoms with Gasteiger partial charge in [0, 0.05) is 30.8 Å². The van der Waals surface area contributed by atoms with Crippen LogP contribution in [0.4, 0.5) is 0 Å². The summed E-state index contributed by atoms with van der Waals surface area (Å²) in [4.78, 5) is 24.5. The molecule has 0 saturated heterocycles. The summed E-state index contributed by atoms with van der Waals surface area (Å²) in [6, 6.07) is -1.04. The van der Waals surface area contributed by atoms with Crippen molar-refractivity contribution in [3.63, 3.8) is 0 Å². The Morgan fingerprint density at radius 3 is 2.21 bits per heavy atom. The first-order valence-corrected chi connectivity index (χ1v) is 6.31. The molecular formula is C13H21N3O3. The van der Waals surface area contributed by atoms with Gasteiger partial charge in [0.2, 0.25) is 5.91 Å². The van der Waals surface area contributed by atoms with E-state index in [-0.39, 0.29) is 18.0 Å². The van der Waals surface area contributed by atoms with Gasteiger partial charge in [-0.05, 0) is 27.7 Å². The number of hydrogen-bond acceptors (Lipinski definition) is 3. The molecule has 1 amide bonds. The van der Waals surface area contributed by atoms with Gasteiger partial charge in [0.15, 0.2) is 6.04 Å². The molecular weight excluding hydrogens is 246 g/mol. The van der Waals surface area contributed by atoms with Gasteiger partial charge in [0.1, 0.15) is 0 Å². The van der Waals surface area contributed by atoms with Gasteiger partial charge in [0.05, 0.1) is 6.20 Å². The highest BCUT2D eigenvalue weighted by molar-refractivity contribution is 5.83. The zero-order chi connectivity index (χ0) is 14.7. The van der Waals surface area contributed by atoms with Crippen LogP contribution in [0.2, 0.25) is 0 Å². The number of aromatic nitrogens is 2. The van der Waals surface area contributed by atoms with Crippen LogP contribution in [0.25, 0.3) is 0 Å². The molecule has 0 aliphatic carbocycles. The molecule has 1 aromatic rings. The normalized spacial score (nSPS) is 12.8. The molecule has 6 nitrogen and oxygen atoms in total. The number of carbonyl (C=O) groups excluding carboxylic acids is 1. The second-order valence-corrected chi connectivity index (χ2v) is 5.11. The zero-order valence-corrected chi connectivity index (χ0v) is 12.0. The highest BCUT2D eigenvalue weighted by atomic mass is 16.4. The van der Waals surface area contributed by atoms with E-state index in [0.717, 1.165) is 0 Å². The Hall–Kier alpha value is -1.85. The molecule has 0 radical (unpaired) electrons. The zero-order valence-electron chi connectivity index (χ0n) is 12.0. The largest absolute Gasteiger partial charge is 0.479 e. The first kappa shape index (κ1) is 15.2. The molecule has 1 heterocycles. The Kier molecular flexibility index (Phi) is 4.69. The second-order valence-electron chi connectivity index (χ2n) is 5.11. The maximum Gasteiger partial charge on any atom is 0.331 e. The Morgan fingerprint density at radius 1 is 1.32 bits per heavy atom. The molecule has 0 saturated carbocycles. The number of rotatable bonds is 5. The van der Waals surface area contributed by atoms with Gasteiger partial charge in [0.25, 0.3) is 0 Å². The first-order chi connectivity index (χ1) is 8.75. The van der Waals surface area contributed by atoms with Crippen molar-refractivity contribution in [2.45, 2.75) is 52.7 Å². The third-order valence-electron chi connectivity index (χ3n) is 2.90. The summed E-state index contributed by atoms with van der Waals surface area (Å²) in [7, 11) is 0. The SMILES string of the molecule is CC(=O)N(C(C)C)C(C(=O)O)c1cnn(C(C)C)c1. The Balaban J connectivity index is 3.18. The van der Waals surface area contributed by atoms with Crippen molar-refractivity contribution in [3.05, 3.63) is 18.0 Å². The highest BCUT2D eigenvalue weighted by Gasteiger charge is 2.32. The van der Waals surface area contributed by atoms with Gasteiger partial charge in [-0.25, -0.2) is 4.79 Å². The molecule has 0 bridgehead atoms. The molecule has 0 fully saturated rings. The fraction of sp³-hybridized carbons (Fsp3) is 0.615. The predicted molar refractivity (Wildman–Crippen MR) is 70.6 cm³/mol.